The molecule has 9 heteroatoms. The first-order chi connectivity index (χ1) is 15.6. The summed E-state index contributed by atoms with van der Waals surface area (Å²) in [7, 11) is 3.15. The van der Waals surface area contributed by atoms with Crippen LogP contribution in [0.4, 0.5) is 0 Å². The number of benzene rings is 1. The summed E-state index contributed by atoms with van der Waals surface area (Å²) in [6.07, 6.45) is 3.72. The summed E-state index contributed by atoms with van der Waals surface area (Å²) in [4.78, 5) is 17.8. The lowest BCUT2D eigenvalue weighted by Gasteiger charge is -2.28. The van der Waals surface area contributed by atoms with Gasteiger partial charge >= 0.3 is 0 Å². The normalized spacial score (nSPS) is 15.6. The zero-order valence-corrected chi connectivity index (χ0v) is 19.0. The van der Waals surface area contributed by atoms with Crippen molar-refractivity contribution >= 4 is 28.2 Å². The monoisotopic (exact) mass is 457 g/mol. The maximum Gasteiger partial charge on any atom is 0.253 e. The molecule has 4 rings (SSSR count). The van der Waals surface area contributed by atoms with Crippen LogP contribution in [0, 0.1) is 0 Å². The fourth-order valence-corrected chi connectivity index (χ4v) is 4.05. The first-order valence-corrected chi connectivity index (χ1v) is 10.9. The van der Waals surface area contributed by atoms with E-state index in [1.165, 1.54) is 0 Å². The largest absolute Gasteiger partial charge is 0.493 e. The first-order valence-electron chi connectivity index (χ1n) is 10.5. The minimum absolute atomic E-state index is 0.0854. The third-order valence-corrected chi connectivity index (χ3v) is 5.92. The number of aromatic amines is 1. The maximum absolute atomic E-state index is 12.9. The van der Waals surface area contributed by atoms with E-state index < -0.39 is 0 Å². The number of nitrogens with one attached hydrogen (secondary N) is 2. The number of furan rings is 1. The molecular formula is C23H27N3O5S. The molecule has 2 N–H and O–H groups in total. The highest BCUT2D eigenvalue weighted by Gasteiger charge is 2.22. The van der Waals surface area contributed by atoms with Gasteiger partial charge in [0.25, 0.3) is 5.56 Å². The molecule has 1 fully saturated rings. The number of methoxy groups -OCH3 is 2. The van der Waals surface area contributed by atoms with Gasteiger partial charge in [-0.3, -0.25) is 4.79 Å². The number of ether oxygens (including phenoxy) is 3. The highest BCUT2D eigenvalue weighted by atomic mass is 32.1. The van der Waals surface area contributed by atoms with Crippen LogP contribution in [0.5, 0.6) is 11.5 Å². The number of hydrogen-bond donors (Lipinski definition) is 2. The second-order valence-electron chi connectivity index (χ2n) is 7.67. The fraction of sp³-hybridized carbons (Fsp3) is 0.391. The van der Waals surface area contributed by atoms with Crippen LogP contribution in [0.3, 0.4) is 0 Å². The Balaban J connectivity index is 1.58. The highest BCUT2D eigenvalue weighted by Crippen LogP contribution is 2.31. The molecule has 0 saturated carbocycles. The Hall–Kier alpha value is -3.04. The van der Waals surface area contributed by atoms with E-state index >= 15 is 0 Å². The van der Waals surface area contributed by atoms with Gasteiger partial charge in [-0.15, -0.1) is 0 Å². The fourth-order valence-electron chi connectivity index (χ4n) is 3.84. The van der Waals surface area contributed by atoms with Crippen molar-refractivity contribution in [2.24, 2.45) is 0 Å². The standard InChI is InChI=1S/C23H27N3O5S/c1-28-20-10-15-9-16(22(27)25-19(15)11-21(20)29-2)13-26(14-18-6-4-8-31-18)23(32)24-12-17-5-3-7-30-17/h3,5,7,9-11,18H,4,6,8,12-14H2,1-2H3,(H,24,32)(H,25,27)/t18-/m1/s1. The van der Waals surface area contributed by atoms with Gasteiger partial charge in [0.15, 0.2) is 16.6 Å². The van der Waals surface area contributed by atoms with E-state index in [2.05, 4.69) is 10.3 Å². The molecule has 0 spiro atoms. The van der Waals surface area contributed by atoms with Crippen molar-refractivity contribution in [2.75, 3.05) is 27.4 Å². The van der Waals surface area contributed by atoms with Crippen molar-refractivity contribution in [1.82, 2.24) is 15.2 Å². The van der Waals surface area contributed by atoms with E-state index in [-0.39, 0.29) is 11.7 Å². The number of aromatic nitrogens is 1. The van der Waals surface area contributed by atoms with Gasteiger partial charge in [0.1, 0.15) is 5.76 Å². The quantitative estimate of drug-likeness (QED) is 0.499. The van der Waals surface area contributed by atoms with Crippen LogP contribution in [0.2, 0.25) is 0 Å². The molecule has 8 nitrogen and oxygen atoms in total. The lowest BCUT2D eigenvalue weighted by molar-refractivity contribution is 0.0896. The minimum atomic E-state index is -0.170. The molecule has 1 saturated heterocycles. The van der Waals surface area contributed by atoms with E-state index in [0.717, 1.165) is 30.6 Å². The van der Waals surface area contributed by atoms with Crippen LogP contribution in [0.25, 0.3) is 10.9 Å². The van der Waals surface area contributed by atoms with Crippen LogP contribution in [-0.4, -0.2) is 48.5 Å². The van der Waals surface area contributed by atoms with Crippen molar-refractivity contribution in [3.63, 3.8) is 0 Å². The molecule has 1 aliphatic rings. The van der Waals surface area contributed by atoms with Crippen molar-refractivity contribution < 1.29 is 18.6 Å². The topological polar surface area (TPSA) is 89.0 Å². The van der Waals surface area contributed by atoms with E-state index in [1.807, 2.05) is 29.2 Å². The van der Waals surface area contributed by atoms with Crippen LogP contribution in [0.1, 0.15) is 24.2 Å². The van der Waals surface area contributed by atoms with E-state index in [9.17, 15) is 4.79 Å². The first kappa shape index (κ1) is 22.2. The lowest BCUT2D eigenvalue weighted by atomic mass is 10.1. The molecule has 3 heterocycles. The Morgan fingerprint density at radius 1 is 1.28 bits per heavy atom. The molecule has 1 aliphatic heterocycles. The molecule has 0 unspecified atom stereocenters. The van der Waals surface area contributed by atoms with Crippen molar-refractivity contribution in [3.05, 3.63) is 58.3 Å². The third kappa shape index (κ3) is 5.05. The summed E-state index contributed by atoms with van der Waals surface area (Å²) in [6, 6.07) is 9.20. The molecule has 32 heavy (non-hydrogen) atoms. The molecule has 0 bridgehead atoms. The molecule has 0 amide bonds. The number of nitrogens with zero attached hydrogens (tertiary/aromatic N) is 1. The third-order valence-electron chi connectivity index (χ3n) is 5.52. The van der Waals surface area contributed by atoms with Gasteiger partial charge in [0, 0.05) is 30.2 Å². The van der Waals surface area contributed by atoms with Gasteiger partial charge in [0.05, 0.1) is 45.2 Å². The molecule has 2 aromatic heterocycles. The molecule has 170 valence electrons. The Labute approximate surface area is 191 Å². The van der Waals surface area contributed by atoms with Gasteiger partial charge in [0.2, 0.25) is 0 Å². The Bertz CT molecular complexity index is 1120. The van der Waals surface area contributed by atoms with Crippen molar-refractivity contribution in [3.8, 4) is 11.5 Å². The average Bonchev–Trinajstić information content (AvgIpc) is 3.51. The Morgan fingerprint density at radius 2 is 2.09 bits per heavy atom. The lowest BCUT2D eigenvalue weighted by Crippen LogP contribution is -2.43. The van der Waals surface area contributed by atoms with E-state index in [0.29, 0.717) is 47.3 Å². The second-order valence-corrected chi connectivity index (χ2v) is 8.06. The van der Waals surface area contributed by atoms with Crippen molar-refractivity contribution in [1.29, 1.82) is 0 Å². The number of pyridine rings is 1. The van der Waals surface area contributed by atoms with E-state index in [1.54, 1.807) is 26.5 Å². The second kappa shape index (κ2) is 10.1. The molecular weight excluding hydrogens is 430 g/mol. The number of fused-ring (bicyclic) bond motifs is 1. The predicted octanol–water partition coefficient (Wildman–Crippen LogP) is 3.19. The molecule has 3 aromatic rings. The predicted molar refractivity (Wildman–Crippen MR) is 125 cm³/mol. The van der Waals surface area contributed by atoms with Gasteiger partial charge in [-0.05, 0) is 49.3 Å². The van der Waals surface area contributed by atoms with Gasteiger partial charge in [-0.25, -0.2) is 0 Å². The Kier molecular flexibility index (Phi) is 6.96. The number of thiocarbonyl (C=S) groups is 1. The number of rotatable bonds is 8. The van der Waals surface area contributed by atoms with Gasteiger partial charge in [-0.1, -0.05) is 0 Å². The summed E-state index contributed by atoms with van der Waals surface area (Å²) in [6.45, 7) is 2.18. The van der Waals surface area contributed by atoms with Crippen molar-refractivity contribution in [2.45, 2.75) is 32.0 Å². The summed E-state index contributed by atoms with van der Waals surface area (Å²) in [5.74, 6) is 1.95. The minimum Gasteiger partial charge on any atom is -0.493 e. The van der Waals surface area contributed by atoms with Crippen LogP contribution < -0.4 is 20.3 Å². The summed E-state index contributed by atoms with van der Waals surface area (Å²) >= 11 is 5.66. The zero-order valence-electron chi connectivity index (χ0n) is 18.2. The molecule has 1 aromatic carbocycles. The molecule has 0 aliphatic carbocycles. The number of hydrogen-bond acceptors (Lipinski definition) is 6. The average molecular weight is 458 g/mol. The smallest absolute Gasteiger partial charge is 0.253 e. The number of H-pyrrole nitrogens is 1. The van der Waals surface area contributed by atoms with Crippen LogP contribution in [-0.2, 0) is 17.8 Å². The molecule has 0 radical (unpaired) electrons. The summed E-state index contributed by atoms with van der Waals surface area (Å²) < 4.78 is 21.9. The zero-order chi connectivity index (χ0) is 22.5. The van der Waals surface area contributed by atoms with Gasteiger partial charge in [-0.2, -0.15) is 0 Å². The molecule has 1 atom stereocenters. The summed E-state index contributed by atoms with van der Waals surface area (Å²) in [5.41, 5.74) is 1.11. The van der Waals surface area contributed by atoms with Crippen LogP contribution in [0.15, 0.2) is 45.8 Å². The van der Waals surface area contributed by atoms with Gasteiger partial charge < -0.3 is 33.8 Å². The van der Waals surface area contributed by atoms with Crippen LogP contribution >= 0.6 is 12.2 Å². The maximum atomic E-state index is 12.9. The Morgan fingerprint density at radius 3 is 2.78 bits per heavy atom. The SMILES string of the molecule is COc1cc2cc(CN(C[C@H]3CCCO3)C(=S)NCc3ccco3)c(=O)[nH]c2cc1OC. The summed E-state index contributed by atoms with van der Waals surface area (Å²) in [5, 5.41) is 4.62. The van der Waals surface area contributed by atoms with E-state index in [4.69, 9.17) is 30.8 Å². The highest BCUT2D eigenvalue weighted by molar-refractivity contribution is 7.80.